The van der Waals surface area contributed by atoms with Gasteiger partial charge in [0.2, 0.25) is 0 Å². The smallest absolute Gasteiger partial charge is 0.251 e. The molecule has 0 aromatic heterocycles. The molecule has 0 aliphatic carbocycles. The largest absolute Gasteiger partial charge is 0.406 e. The van der Waals surface area contributed by atoms with E-state index >= 15 is 0 Å². The molecule has 0 heterocycles. The topological polar surface area (TPSA) is 18.5 Å². The molecule has 0 aromatic rings. The monoisotopic (exact) mass is 96.0 g/mol. The Morgan fingerprint density at radius 2 is 1.57 bits per heavy atom. The molecular weight excluding hydrogens is 92.1 g/mol. The van der Waals surface area contributed by atoms with Gasteiger partial charge in [0.25, 0.3) is 6.79 Å². The van der Waals surface area contributed by atoms with Crippen LogP contribution in [0.25, 0.3) is 0 Å². The zero-order valence-corrected chi connectivity index (χ0v) is 3.68. The van der Waals surface area contributed by atoms with Gasteiger partial charge in [-0.25, -0.2) is 0 Å². The Labute approximate surface area is 42.4 Å². The molecule has 0 amide bonds. The minimum absolute atomic E-state index is 0.0347. The van der Waals surface area contributed by atoms with Gasteiger partial charge in [-0.3, -0.25) is 0 Å². The summed E-state index contributed by atoms with van der Waals surface area (Å²) in [5, 5.41) is 0. The second-order valence-electron chi connectivity index (χ2n) is 0.642. The molecule has 0 fully saturated rings. The van der Waals surface area contributed by atoms with Gasteiger partial charge in [0.05, 0.1) is 0 Å². The highest BCUT2D eigenvalue weighted by atomic mass is 16.7. The summed E-state index contributed by atoms with van der Waals surface area (Å²) in [7, 11) is 0. The molecule has 0 bridgehead atoms. The normalized spacial score (nSPS) is 5.43. The maximum Gasteiger partial charge on any atom is 0.251 e. The van der Waals surface area contributed by atoms with Crippen molar-refractivity contribution in [1.82, 2.24) is 0 Å². The highest BCUT2D eigenvalue weighted by Crippen LogP contribution is 1.68. The molecular formula is C5H4O2. The fraction of sp³-hybridized carbons (Fsp3) is 0.200. The number of hydrogen-bond donors (Lipinski definition) is 0. The molecule has 0 saturated heterocycles. The van der Waals surface area contributed by atoms with Crippen LogP contribution in [-0.2, 0) is 9.47 Å². The van der Waals surface area contributed by atoms with Crippen LogP contribution in [0.5, 0.6) is 0 Å². The molecule has 0 radical (unpaired) electrons. The third-order valence-corrected chi connectivity index (χ3v) is 0.285. The van der Waals surface area contributed by atoms with E-state index in [1.807, 2.05) is 12.2 Å². The van der Waals surface area contributed by atoms with Crippen molar-refractivity contribution in [1.29, 1.82) is 0 Å². The fourth-order valence-electron chi connectivity index (χ4n) is 0.0975. The number of rotatable bonds is 2. The van der Waals surface area contributed by atoms with Gasteiger partial charge in [0.1, 0.15) is 12.2 Å². The summed E-state index contributed by atoms with van der Waals surface area (Å²) >= 11 is 0. The van der Waals surface area contributed by atoms with Crippen LogP contribution in [0.2, 0.25) is 0 Å². The lowest BCUT2D eigenvalue weighted by atomic mass is 11.2. The van der Waals surface area contributed by atoms with Crippen molar-refractivity contribution in [2.75, 3.05) is 6.79 Å². The van der Waals surface area contributed by atoms with Gasteiger partial charge in [0.15, 0.2) is 0 Å². The van der Waals surface area contributed by atoms with Crippen molar-refractivity contribution in [2.24, 2.45) is 0 Å². The second-order valence-corrected chi connectivity index (χ2v) is 0.642. The SMILES string of the molecule is C#COCOC#C. The van der Waals surface area contributed by atoms with E-state index in [-0.39, 0.29) is 6.79 Å². The maximum atomic E-state index is 4.65. The molecule has 0 N–H and O–H groups in total. The van der Waals surface area contributed by atoms with Crippen LogP contribution in [0.15, 0.2) is 0 Å². The van der Waals surface area contributed by atoms with Crippen molar-refractivity contribution in [3.63, 3.8) is 0 Å². The Morgan fingerprint density at radius 3 is 1.86 bits per heavy atom. The molecule has 2 nitrogen and oxygen atoms in total. The van der Waals surface area contributed by atoms with Gasteiger partial charge in [-0.1, -0.05) is 12.8 Å². The van der Waals surface area contributed by atoms with Crippen LogP contribution < -0.4 is 0 Å². The summed E-state index contributed by atoms with van der Waals surface area (Å²) < 4.78 is 8.47. The first-order valence-electron chi connectivity index (χ1n) is 1.56. The van der Waals surface area contributed by atoms with E-state index in [4.69, 9.17) is 0 Å². The lowest BCUT2D eigenvalue weighted by Gasteiger charge is -1.89. The fourth-order valence-corrected chi connectivity index (χ4v) is 0.0975. The molecule has 0 saturated carbocycles. The zero-order valence-electron chi connectivity index (χ0n) is 3.68. The molecule has 0 spiro atoms. The van der Waals surface area contributed by atoms with Crippen molar-refractivity contribution in [3.8, 4) is 25.1 Å². The van der Waals surface area contributed by atoms with Crippen LogP contribution in [-0.4, -0.2) is 6.79 Å². The predicted octanol–water partition coefficient (Wildman–Crippen LogP) is 0.158. The molecule has 0 aliphatic rings. The van der Waals surface area contributed by atoms with Gasteiger partial charge in [-0.2, -0.15) is 0 Å². The van der Waals surface area contributed by atoms with Gasteiger partial charge >= 0.3 is 0 Å². The van der Waals surface area contributed by atoms with Gasteiger partial charge in [-0.05, 0) is 0 Å². The van der Waals surface area contributed by atoms with E-state index in [2.05, 4.69) is 22.3 Å². The molecule has 0 rings (SSSR count). The van der Waals surface area contributed by atoms with E-state index in [0.29, 0.717) is 0 Å². The Bertz CT molecular complexity index is 90.2. The number of terminal acetylenes is 2. The molecule has 0 atom stereocenters. The highest BCUT2D eigenvalue weighted by molar-refractivity contribution is 4.69. The summed E-state index contributed by atoms with van der Waals surface area (Å²) in [6.45, 7) is -0.0347. The summed E-state index contributed by atoms with van der Waals surface area (Å²) in [6.07, 6.45) is 13.1. The molecule has 0 aliphatic heterocycles. The van der Waals surface area contributed by atoms with Gasteiger partial charge < -0.3 is 9.47 Å². The Morgan fingerprint density at radius 1 is 1.14 bits per heavy atom. The van der Waals surface area contributed by atoms with E-state index < -0.39 is 0 Å². The van der Waals surface area contributed by atoms with Crippen molar-refractivity contribution < 1.29 is 9.47 Å². The highest BCUT2D eigenvalue weighted by Gasteiger charge is 1.70. The van der Waals surface area contributed by atoms with Crippen LogP contribution >= 0.6 is 0 Å². The molecule has 0 unspecified atom stereocenters. The summed E-state index contributed by atoms with van der Waals surface area (Å²) in [5.74, 6) is 0. The Kier molecular flexibility index (Phi) is 3.86. The molecule has 36 valence electrons. The average molecular weight is 96.1 g/mol. The lowest BCUT2D eigenvalue weighted by Crippen LogP contribution is -1.86. The minimum atomic E-state index is -0.0347. The lowest BCUT2D eigenvalue weighted by molar-refractivity contribution is 0.0719. The number of hydrogen-bond acceptors (Lipinski definition) is 2. The molecule has 0 aromatic carbocycles. The third kappa shape index (κ3) is 4.72. The summed E-state index contributed by atoms with van der Waals surface area (Å²) in [5.41, 5.74) is 0. The van der Waals surface area contributed by atoms with Crippen LogP contribution in [0.1, 0.15) is 0 Å². The second kappa shape index (κ2) is 4.72. The van der Waals surface area contributed by atoms with E-state index in [0.717, 1.165) is 0 Å². The van der Waals surface area contributed by atoms with Crippen molar-refractivity contribution in [3.05, 3.63) is 0 Å². The minimum Gasteiger partial charge on any atom is -0.406 e. The van der Waals surface area contributed by atoms with E-state index in [9.17, 15) is 0 Å². The quantitative estimate of drug-likeness (QED) is 0.277. The third-order valence-electron chi connectivity index (χ3n) is 0.285. The van der Waals surface area contributed by atoms with Crippen LogP contribution in [0.3, 0.4) is 0 Å². The van der Waals surface area contributed by atoms with Crippen molar-refractivity contribution in [2.45, 2.75) is 0 Å². The van der Waals surface area contributed by atoms with Crippen molar-refractivity contribution >= 4 is 0 Å². The van der Waals surface area contributed by atoms with Gasteiger partial charge in [-0.15, -0.1) is 0 Å². The Balaban J connectivity index is 2.77. The van der Waals surface area contributed by atoms with Crippen LogP contribution in [0.4, 0.5) is 0 Å². The summed E-state index contributed by atoms with van der Waals surface area (Å²) in [4.78, 5) is 0. The number of ether oxygens (including phenoxy) is 2. The van der Waals surface area contributed by atoms with Crippen LogP contribution in [0, 0.1) is 25.1 Å². The molecule has 2 heteroatoms. The molecule has 7 heavy (non-hydrogen) atoms. The first kappa shape index (κ1) is 5.72. The predicted molar refractivity (Wildman–Crippen MR) is 24.7 cm³/mol. The van der Waals surface area contributed by atoms with E-state index in [1.54, 1.807) is 0 Å². The zero-order chi connectivity index (χ0) is 5.54. The Hall–Kier alpha value is -1.28. The maximum absolute atomic E-state index is 4.65. The standard InChI is InChI=1S/C5H4O2/c1-3-6-5-7-4-2/h1-2H,5H2. The van der Waals surface area contributed by atoms with E-state index in [1.165, 1.54) is 0 Å². The first-order valence-corrected chi connectivity index (χ1v) is 1.56. The average Bonchev–Trinajstić information content (AvgIpc) is 1.69. The van der Waals surface area contributed by atoms with Gasteiger partial charge in [0, 0.05) is 0 Å². The first-order chi connectivity index (χ1) is 3.41. The summed E-state index contributed by atoms with van der Waals surface area (Å²) in [6, 6.07) is 0.